The van der Waals surface area contributed by atoms with Crippen molar-refractivity contribution < 1.29 is 24.3 Å². The van der Waals surface area contributed by atoms with Gasteiger partial charge in [0.1, 0.15) is 5.70 Å². The fourth-order valence-electron chi connectivity index (χ4n) is 4.00. The number of carboxylic acids is 1. The Morgan fingerprint density at radius 3 is 2.21 bits per heavy atom. The lowest BCUT2D eigenvalue weighted by Gasteiger charge is -2.15. The summed E-state index contributed by atoms with van der Waals surface area (Å²) in [5.74, 6) is -2.29. The Labute approximate surface area is 254 Å². The Hall–Kier alpha value is -5.15. The lowest BCUT2D eigenvalue weighted by Crippen LogP contribution is -2.30. The van der Waals surface area contributed by atoms with Crippen LogP contribution in [0.3, 0.4) is 0 Å². The number of hydrogen-bond donors (Lipinski definition) is 4. The average molecular weight is 594 g/mol. The summed E-state index contributed by atoms with van der Waals surface area (Å²) in [6.07, 6.45) is 1.61. The highest BCUT2D eigenvalue weighted by atomic mass is 32.2. The molecule has 0 saturated heterocycles. The van der Waals surface area contributed by atoms with Crippen molar-refractivity contribution in [3.63, 3.8) is 0 Å². The molecule has 0 radical (unpaired) electrons. The summed E-state index contributed by atoms with van der Waals surface area (Å²) in [7, 11) is 0. The van der Waals surface area contributed by atoms with E-state index in [1.54, 1.807) is 74.5 Å². The number of carbonyl (C=O) groups is 4. The molecule has 9 heteroatoms. The van der Waals surface area contributed by atoms with Crippen LogP contribution in [0.5, 0.6) is 0 Å². The van der Waals surface area contributed by atoms with E-state index in [4.69, 9.17) is 0 Å². The number of nitrogens with one attached hydrogen (secondary N) is 3. The van der Waals surface area contributed by atoms with Crippen LogP contribution in [0, 0.1) is 13.8 Å². The minimum atomic E-state index is -1.08. The van der Waals surface area contributed by atoms with Gasteiger partial charge in [-0.1, -0.05) is 60.2 Å². The standard InChI is InChI=1S/C34H31N3O5S/c1-21-12-15-24(16-13-21)18-30(37-32(39)25-8-5-4-6-9-25)33(40)35-27-10-7-11-28(20-27)43-23(3)31(38)36-29-19-26(34(41)42)17-14-22(29)2/h4-20,23H,1-3H3,(H,35,40)(H,36,38)(H,37,39)(H,41,42)/b30-18+. The number of benzene rings is 4. The van der Waals surface area contributed by atoms with Crippen molar-refractivity contribution in [2.45, 2.75) is 30.9 Å². The van der Waals surface area contributed by atoms with Crippen molar-refractivity contribution in [2.24, 2.45) is 0 Å². The van der Waals surface area contributed by atoms with Crippen LogP contribution in [0.2, 0.25) is 0 Å². The monoisotopic (exact) mass is 593 g/mol. The van der Waals surface area contributed by atoms with Crippen LogP contribution in [0.15, 0.2) is 108 Å². The normalized spacial score (nSPS) is 11.7. The summed E-state index contributed by atoms with van der Waals surface area (Å²) in [4.78, 5) is 51.3. The SMILES string of the molecule is Cc1ccc(/C=C(/NC(=O)c2ccccc2)C(=O)Nc2cccc(SC(C)C(=O)Nc3cc(C(=O)O)ccc3C)c2)cc1. The highest BCUT2D eigenvalue weighted by molar-refractivity contribution is 8.00. The zero-order valence-corrected chi connectivity index (χ0v) is 24.7. The van der Waals surface area contributed by atoms with Crippen molar-refractivity contribution in [1.82, 2.24) is 5.32 Å². The molecule has 0 fully saturated rings. The molecule has 0 bridgehead atoms. The number of amides is 3. The van der Waals surface area contributed by atoms with Gasteiger partial charge in [-0.15, -0.1) is 11.8 Å². The van der Waals surface area contributed by atoms with Gasteiger partial charge in [0.15, 0.2) is 0 Å². The van der Waals surface area contributed by atoms with Crippen LogP contribution in [-0.2, 0) is 9.59 Å². The molecule has 3 amide bonds. The molecular weight excluding hydrogens is 562 g/mol. The van der Waals surface area contributed by atoms with Crippen molar-refractivity contribution in [1.29, 1.82) is 0 Å². The zero-order valence-electron chi connectivity index (χ0n) is 23.9. The maximum absolute atomic E-state index is 13.4. The van der Waals surface area contributed by atoms with E-state index < -0.39 is 23.0 Å². The predicted octanol–water partition coefficient (Wildman–Crippen LogP) is 6.53. The molecule has 4 aromatic rings. The van der Waals surface area contributed by atoms with Crippen LogP contribution in [0.4, 0.5) is 11.4 Å². The van der Waals surface area contributed by atoms with Crippen LogP contribution in [-0.4, -0.2) is 34.0 Å². The van der Waals surface area contributed by atoms with Crippen LogP contribution >= 0.6 is 11.8 Å². The van der Waals surface area contributed by atoms with E-state index in [1.165, 1.54) is 23.9 Å². The smallest absolute Gasteiger partial charge is 0.335 e. The fraction of sp³-hybridized carbons (Fsp3) is 0.118. The quantitative estimate of drug-likeness (QED) is 0.122. The number of hydrogen-bond acceptors (Lipinski definition) is 5. The Balaban J connectivity index is 1.48. The van der Waals surface area contributed by atoms with Gasteiger partial charge in [-0.2, -0.15) is 0 Å². The number of thioether (sulfide) groups is 1. The van der Waals surface area contributed by atoms with Gasteiger partial charge in [0, 0.05) is 21.8 Å². The predicted molar refractivity (Wildman–Crippen MR) is 170 cm³/mol. The maximum Gasteiger partial charge on any atom is 0.335 e. The molecule has 0 aliphatic rings. The first-order valence-electron chi connectivity index (χ1n) is 13.5. The molecule has 8 nitrogen and oxygen atoms in total. The Bertz CT molecular complexity index is 1680. The molecule has 0 spiro atoms. The number of aromatic carboxylic acids is 1. The van der Waals surface area contributed by atoms with Gasteiger partial charge in [0.05, 0.1) is 10.8 Å². The van der Waals surface area contributed by atoms with Crippen molar-refractivity contribution in [3.8, 4) is 0 Å². The summed E-state index contributed by atoms with van der Waals surface area (Å²) >= 11 is 1.28. The number of carboxylic acid groups (broad SMARTS) is 1. The molecular formula is C34H31N3O5S. The van der Waals surface area contributed by atoms with Gasteiger partial charge in [-0.25, -0.2) is 4.79 Å². The second-order valence-electron chi connectivity index (χ2n) is 9.85. The average Bonchev–Trinajstić information content (AvgIpc) is 2.99. The molecule has 1 atom stereocenters. The Kier molecular flexibility index (Phi) is 10.1. The second kappa shape index (κ2) is 14.2. The molecule has 0 heterocycles. The molecule has 0 saturated carbocycles. The van der Waals surface area contributed by atoms with E-state index in [-0.39, 0.29) is 17.2 Å². The highest BCUT2D eigenvalue weighted by Gasteiger charge is 2.18. The lowest BCUT2D eigenvalue weighted by atomic mass is 10.1. The number of anilines is 2. The summed E-state index contributed by atoms with van der Waals surface area (Å²) in [6.45, 7) is 5.49. The van der Waals surface area contributed by atoms with E-state index in [0.29, 0.717) is 16.9 Å². The van der Waals surface area contributed by atoms with Gasteiger partial charge >= 0.3 is 5.97 Å². The van der Waals surface area contributed by atoms with E-state index in [1.807, 2.05) is 37.3 Å². The summed E-state index contributed by atoms with van der Waals surface area (Å²) in [5.41, 5.74) is 4.05. The molecule has 0 aliphatic heterocycles. The van der Waals surface area contributed by atoms with Gasteiger partial charge < -0.3 is 21.1 Å². The molecule has 0 aliphatic carbocycles. The fourth-order valence-corrected chi connectivity index (χ4v) is 4.93. The number of aryl methyl sites for hydroxylation is 2. The molecule has 43 heavy (non-hydrogen) atoms. The van der Waals surface area contributed by atoms with E-state index in [2.05, 4.69) is 16.0 Å². The van der Waals surface area contributed by atoms with Crippen molar-refractivity contribution >= 4 is 52.9 Å². The second-order valence-corrected chi connectivity index (χ2v) is 11.3. The third-order valence-electron chi connectivity index (χ3n) is 6.43. The van der Waals surface area contributed by atoms with Gasteiger partial charge in [-0.3, -0.25) is 14.4 Å². The highest BCUT2D eigenvalue weighted by Crippen LogP contribution is 2.27. The molecule has 4 aromatic carbocycles. The first kappa shape index (κ1) is 30.8. The van der Waals surface area contributed by atoms with Crippen LogP contribution < -0.4 is 16.0 Å². The molecule has 4 rings (SSSR count). The molecule has 218 valence electrons. The van der Waals surface area contributed by atoms with Crippen molar-refractivity contribution in [3.05, 3.63) is 131 Å². The molecule has 1 unspecified atom stereocenters. The van der Waals surface area contributed by atoms with Gasteiger partial charge in [0.2, 0.25) is 5.91 Å². The zero-order chi connectivity index (χ0) is 30.9. The molecule has 4 N–H and O–H groups in total. The van der Waals surface area contributed by atoms with E-state index in [9.17, 15) is 24.3 Å². The maximum atomic E-state index is 13.4. The van der Waals surface area contributed by atoms with Gasteiger partial charge in [0.25, 0.3) is 11.8 Å². The summed E-state index contributed by atoms with van der Waals surface area (Å²) in [6, 6.07) is 27.8. The first-order valence-corrected chi connectivity index (χ1v) is 14.3. The third-order valence-corrected chi connectivity index (χ3v) is 7.53. The minimum Gasteiger partial charge on any atom is -0.478 e. The Morgan fingerprint density at radius 2 is 1.51 bits per heavy atom. The summed E-state index contributed by atoms with van der Waals surface area (Å²) < 4.78 is 0. The van der Waals surface area contributed by atoms with Gasteiger partial charge in [-0.05, 0) is 80.4 Å². The Morgan fingerprint density at radius 1 is 0.791 bits per heavy atom. The van der Waals surface area contributed by atoms with Crippen LogP contribution in [0.25, 0.3) is 6.08 Å². The van der Waals surface area contributed by atoms with Crippen LogP contribution in [0.1, 0.15) is 44.3 Å². The van der Waals surface area contributed by atoms with Crippen molar-refractivity contribution in [2.75, 3.05) is 10.6 Å². The number of carbonyl (C=O) groups excluding carboxylic acids is 3. The van der Waals surface area contributed by atoms with E-state index in [0.717, 1.165) is 21.6 Å². The lowest BCUT2D eigenvalue weighted by molar-refractivity contribution is -0.115. The largest absolute Gasteiger partial charge is 0.478 e. The topological polar surface area (TPSA) is 125 Å². The minimum absolute atomic E-state index is 0.0717. The summed E-state index contributed by atoms with van der Waals surface area (Å²) in [5, 5.41) is 17.1. The third kappa shape index (κ3) is 8.67. The first-order chi connectivity index (χ1) is 20.6. The molecule has 0 aromatic heterocycles. The number of rotatable bonds is 10. The van der Waals surface area contributed by atoms with E-state index >= 15 is 0 Å².